The Bertz CT molecular complexity index is 388. The third-order valence-corrected chi connectivity index (χ3v) is 3.75. The van der Waals surface area contributed by atoms with Gasteiger partial charge < -0.3 is 10.1 Å². The highest BCUT2D eigenvalue weighted by Crippen LogP contribution is 2.18. The second-order valence-corrected chi connectivity index (χ2v) is 5.19. The fraction of sp³-hybridized carbons (Fsp3) is 0.600. The predicted molar refractivity (Wildman–Crippen MR) is 71.1 cm³/mol. The van der Waals surface area contributed by atoms with Crippen LogP contribution in [0.3, 0.4) is 0 Å². The van der Waals surface area contributed by atoms with Gasteiger partial charge in [-0.2, -0.15) is 0 Å². The summed E-state index contributed by atoms with van der Waals surface area (Å²) >= 11 is 0. The SMILES string of the molecule is Cc1ccc(C(C)NCC2CCOCC2)cc1F. The Kier molecular flexibility index (Phi) is 4.72. The molecule has 0 aliphatic carbocycles. The van der Waals surface area contributed by atoms with Crippen molar-refractivity contribution in [1.82, 2.24) is 5.32 Å². The molecule has 0 spiro atoms. The minimum Gasteiger partial charge on any atom is -0.381 e. The van der Waals surface area contributed by atoms with Crippen LogP contribution in [0, 0.1) is 18.7 Å². The summed E-state index contributed by atoms with van der Waals surface area (Å²) in [5.74, 6) is 0.573. The second kappa shape index (κ2) is 6.30. The Morgan fingerprint density at radius 2 is 2.11 bits per heavy atom. The molecular formula is C15H22FNO. The third kappa shape index (κ3) is 3.53. The summed E-state index contributed by atoms with van der Waals surface area (Å²) in [5.41, 5.74) is 1.72. The maximum atomic E-state index is 13.5. The quantitative estimate of drug-likeness (QED) is 0.887. The normalized spacial score (nSPS) is 18.8. The molecule has 0 amide bonds. The molecule has 100 valence electrons. The van der Waals surface area contributed by atoms with Crippen LogP contribution in [-0.4, -0.2) is 19.8 Å². The molecular weight excluding hydrogens is 229 g/mol. The van der Waals surface area contributed by atoms with Crippen LogP contribution in [0.4, 0.5) is 4.39 Å². The molecule has 1 aromatic carbocycles. The van der Waals surface area contributed by atoms with Gasteiger partial charge in [-0.05, 0) is 56.3 Å². The zero-order valence-electron chi connectivity index (χ0n) is 11.2. The Labute approximate surface area is 109 Å². The molecule has 0 aromatic heterocycles. The molecule has 0 bridgehead atoms. The summed E-state index contributed by atoms with van der Waals surface area (Å²) in [5, 5.41) is 3.49. The van der Waals surface area contributed by atoms with E-state index in [1.54, 1.807) is 13.0 Å². The van der Waals surface area contributed by atoms with Gasteiger partial charge in [0, 0.05) is 19.3 Å². The maximum absolute atomic E-state index is 13.5. The zero-order valence-corrected chi connectivity index (χ0v) is 11.2. The summed E-state index contributed by atoms with van der Waals surface area (Å²) in [6.45, 7) is 6.61. The minimum absolute atomic E-state index is 0.118. The molecule has 1 aliphatic rings. The number of aryl methyl sites for hydroxylation is 1. The molecule has 2 nitrogen and oxygen atoms in total. The monoisotopic (exact) mass is 251 g/mol. The van der Waals surface area contributed by atoms with Gasteiger partial charge >= 0.3 is 0 Å². The number of ether oxygens (including phenoxy) is 1. The summed E-state index contributed by atoms with van der Waals surface area (Å²) < 4.78 is 18.8. The van der Waals surface area contributed by atoms with E-state index in [4.69, 9.17) is 4.74 Å². The van der Waals surface area contributed by atoms with Crippen LogP contribution in [0.5, 0.6) is 0 Å². The van der Waals surface area contributed by atoms with Crippen LogP contribution in [0.1, 0.15) is 36.9 Å². The van der Waals surface area contributed by atoms with Gasteiger partial charge in [0.05, 0.1) is 0 Å². The molecule has 18 heavy (non-hydrogen) atoms. The van der Waals surface area contributed by atoms with Crippen LogP contribution >= 0.6 is 0 Å². The summed E-state index contributed by atoms with van der Waals surface area (Å²) in [6.07, 6.45) is 2.25. The van der Waals surface area contributed by atoms with E-state index in [0.29, 0.717) is 11.5 Å². The van der Waals surface area contributed by atoms with Crippen molar-refractivity contribution in [2.45, 2.75) is 32.7 Å². The van der Waals surface area contributed by atoms with Gasteiger partial charge in [-0.1, -0.05) is 12.1 Å². The molecule has 2 rings (SSSR count). The first kappa shape index (κ1) is 13.5. The van der Waals surface area contributed by atoms with E-state index < -0.39 is 0 Å². The average Bonchev–Trinajstić information content (AvgIpc) is 2.40. The first-order valence-electron chi connectivity index (χ1n) is 6.74. The van der Waals surface area contributed by atoms with Gasteiger partial charge in [0.15, 0.2) is 0 Å². The van der Waals surface area contributed by atoms with Crippen molar-refractivity contribution in [1.29, 1.82) is 0 Å². The Morgan fingerprint density at radius 1 is 1.39 bits per heavy atom. The highest BCUT2D eigenvalue weighted by molar-refractivity contribution is 5.25. The number of benzene rings is 1. The van der Waals surface area contributed by atoms with Gasteiger partial charge in [0.25, 0.3) is 0 Å². The van der Waals surface area contributed by atoms with E-state index in [-0.39, 0.29) is 11.9 Å². The van der Waals surface area contributed by atoms with E-state index in [0.717, 1.165) is 38.2 Å². The Balaban J connectivity index is 1.86. The fourth-order valence-electron chi connectivity index (χ4n) is 2.29. The van der Waals surface area contributed by atoms with Crippen molar-refractivity contribution in [2.24, 2.45) is 5.92 Å². The molecule has 1 aliphatic heterocycles. The highest BCUT2D eigenvalue weighted by atomic mass is 19.1. The summed E-state index contributed by atoms with van der Waals surface area (Å²) in [6, 6.07) is 5.68. The number of hydrogen-bond donors (Lipinski definition) is 1. The summed E-state index contributed by atoms with van der Waals surface area (Å²) in [4.78, 5) is 0. The van der Waals surface area contributed by atoms with Crippen molar-refractivity contribution >= 4 is 0 Å². The molecule has 1 atom stereocenters. The molecule has 1 heterocycles. The van der Waals surface area contributed by atoms with Gasteiger partial charge in [0.2, 0.25) is 0 Å². The lowest BCUT2D eigenvalue weighted by atomic mass is 9.99. The lowest BCUT2D eigenvalue weighted by Crippen LogP contribution is -2.29. The van der Waals surface area contributed by atoms with Gasteiger partial charge in [-0.3, -0.25) is 0 Å². The van der Waals surface area contributed by atoms with Crippen LogP contribution in [0.25, 0.3) is 0 Å². The van der Waals surface area contributed by atoms with Gasteiger partial charge in [-0.25, -0.2) is 4.39 Å². The van der Waals surface area contributed by atoms with Gasteiger partial charge in [0.1, 0.15) is 5.82 Å². The molecule has 0 radical (unpaired) electrons. The van der Waals surface area contributed by atoms with E-state index >= 15 is 0 Å². The molecule has 1 aromatic rings. The van der Waals surface area contributed by atoms with Crippen molar-refractivity contribution in [2.75, 3.05) is 19.8 Å². The molecule has 1 N–H and O–H groups in total. The van der Waals surface area contributed by atoms with Crippen LogP contribution in [-0.2, 0) is 4.74 Å². The minimum atomic E-state index is -0.118. The van der Waals surface area contributed by atoms with Crippen molar-refractivity contribution < 1.29 is 9.13 Å². The molecule has 3 heteroatoms. The maximum Gasteiger partial charge on any atom is 0.126 e. The zero-order chi connectivity index (χ0) is 13.0. The molecule has 1 fully saturated rings. The molecule has 1 unspecified atom stereocenters. The first-order chi connectivity index (χ1) is 8.66. The van der Waals surface area contributed by atoms with Crippen LogP contribution < -0.4 is 5.32 Å². The van der Waals surface area contributed by atoms with Crippen LogP contribution in [0.2, 0.25) is 0 Å². The van der Waals surface area contributed by atoms with Gasteiger partial charge in [-0.15, -0.1) is 0 Å². The third-order valence-electron chi connectivity index (χ3n) is 3.75. The molecule has 0 saturated carbocycles. The van der Waals surface area contributed by atoms with E-state index in [2.05, 4.69) is 12.2 Å². The topological polar surface area (TPSA) is 21.3 Å². The lowest BCUT2D eigenvalue weighted by Gasteiger charge is -2.24. The van der Waals surface area contributed by atoms with Crippen molar-refractivity contribution in [3.8, 4) is 0 Å². The van der Waals surface area contributed by atoms with E-state index in [1.807, 2.05) is 12.1 Å². The predicted octanol–water partition coefficient (Wildman–Crippen LogP) is 3.21. The van der Waals surface area contributed by atoms with E-state index in [1.165, 1.54) is 0 Å². The second-order valence-electron chi connectivity index (χ2n) is 5.19. The largest absolute Gasteiger partial charge is 0.381 e. The average molecular weight is 251 g/mol. The Hall–Kier alpha value is -0.930. The standard InChI is InChI=1S/C15H22FNO/c1-11-3-4-14(9-15(11)16)12(2)17-10-13-5-7-18-8-6-13/h3-4,9,12-13,17H,5-8,10H2,1-2H3. The van der Waals surface area contributed by atoms with E-state index in [9.17, 15) is 4.39 Å². The molecule has 1 saturated heterocycles. The highest BCUT2D eigenvalue weighted by Gasteiger charge is 2.15. The number of halogens is 1. The number of hydrogen-bond acceptors (Lipinski definition) is 2. The number of nitrogens with one attached hydrogen (secondary N) is 1. The lowest BCUT2D eigenvalue weighted by molar-refractivity contribution is 0.0656. The number of rotatable bonds is 4. The first-order valence-corrected chi connectivity index (χ1v) is 6.74. The smallest absolute Gasteiger partial charge is 0.126 e. The Morgan fingerprint density at radius 3 is 2.78 bits per heavy atom. The summed E-state index contributed by atoms with van der Waals surface area (Å²) in [7, 11) is 0. The van der Waals surface area contributed by atoms with Crippen molar-refractivity contribution in [3.63, 3.8) is 0 Å². The van der Waals surface area contributed by atoms with Crippen LogP contribution in [0.15, 0.2) is 18.2 Å². The fourth-order valence-corrected chi connectivity index (χ4v) is 2.29. The van der Waals surface area contributed by atoms with Crippen molar-refractivity contribution in [3.05, 3.63) is 35.1 Å².